The lowest BCUT2D eigenvalue weighted by atomic mass is 10.2. The molecule has 0 atom stereocenters. The van der Waals surface area contributed by atoms with Crippen LogP contribution in [-0.4, -0.2) is 12.5 Å². The number of hydrogen-bond acceptors (Lipinski definition) is 3. The molecule has 0 radical (unpaired) electrons. The highest BCUT2D eigenvalue weighted by Crippen LogP contribution is 2.17. The van der Waals surface area contributed by atoms with Crippen LogP contribution in [0.5, 0.6) is 0 Å². The molecule has 4 heteroatoms. The molecule has 2 rings (SSSR count). The van der Waals surface area contributed by atoms with Gasteiger partial charge in [0.15, 0.2) is 0 Å². The first-order valence-corrected chi connectivity index (χ1v) is 7.29. The summed E-state index contributed by atoms with van der Waals surface area (Å²) in [5, 5.41) is 6.10. The topological polar surface area (TPSA) is 41.1 Å². The molecule has 0 saturated carbocycles. The smallest absolute Gasteiger partial charge is 0.251 e. The molecule has 2 aromatic rings. The number of thiophene rings is 1. The van der Waals surface area contributed by atoms with Crippen molar-refractivity contribution in [2.45, 2.75) is 13.5 Å². The van der Waals surface area contributed by atoms with Crippen LogP contribution in [0.25, 0.3) is 0 Å². The first-order valence-electron chi connectivity index (χ1n) is 6.47. The van der Waals surface area contributed by atoms with Crippen LogP contribution in [-0.2, 0) is 6.54 Å². The van der Waals surface area contributed by atoms with Crippen molar-refractivity contribution >= 4 is 22.9 Å². The van der Waals surface area contributed by atoms with Crippen LogP contribution >= 0.6 is 11.3 Å². The van der Waals surface area contributed by atoms with Gasteiger partial charge in [0, 0.05) is 34.1 Å². The molecule has 3 nitrogen and oxygen atoms in total. The van der Waals surface area contributed by atoms with Gasteiger partial charge in [-0.05, 0) is 43.3 Å². The Morgan fingerprint density at radius 2 is 2.00 bits per heavy atom. The van der Waals surface area contributed by atoms with E-state index in [9.17, 15) is 4.79 Å². The monoisotopic (exact) mass is 286 g/mol. The van der Waals surface area contributed by atoms with E-state index >= 15 is 0 Å². The Bertz CT molecular complexity index is 587. The van der Waals surface area contributed by atoms with Crippen LogP contribution in [0.1, 0.15) is 20.1 Å². The predicted octanol–water partition coefficient (Wildman–Crippen LogP) is 3.58. The molecule has 104 valence electrons. The normalized spacial score (nSPS) is 10.1. The zero-order valence-corrected chi connectivity index (χ0v) is 12.3. The molecule has 1 aromatic heterocycles. The van der Waals surface area contributed by atoms with E-state index in [4.69, 9.17) is 0 Å². The first-order chi connectivity index (χ1) is 9.69. The summed E-state index contributed by atoms with van der Waals surface area (Å²) >= 11 is 1.79. The van der Waals surface area contributed by atoms with Crippen LogP contribution in [0, 0.1) is 6.92 Å². The molecule has 0 saturated heterocycles. The second-order valence-corrected chi connectivity index (χ2v) is 5.81. The molecule has 2 N–H and O–H groups in total. The summed E-state index contributed by atoms with van der Waals surface area (Å²) < 4.78 is 0. The fourth-order valence-corrected chi connectivity index (χ4v) is 2.61. The second kappa shape index (κ2) is 6.91. The minimum Gasteiger partial charge on any atom is -0.380 e. The van der Waals surface area contributed by atoms with Crippen molar-refractivity contribution in [3.63, 3.8) is 0 Å². The fourth-order valence-electron chi connectivity index (χ4n) is 1.78. The maximum absolute atomic E-state index is 11.7. The number of carbonyl (C=O) groups is 1. The van der Waals surface area contributed by atoms with Crippen molar-refractivity contribution in [1.82, 2.24) is 5.32 Å². The van der Waals surface area contributed by atoms with E-state index in [1.165, 1.54) is 9.75 Å². The molecule has 20 heavy (non-hydrogen) atoms. The molecule has 1 aromatic carbocycles. The standard InChI is InChI=1S/C16H18N2OS/c1-3-10-17-16(19)13-5-7-14(8-6-13)18-11-15-9-4-12(2)20-15/h3-9,18H,1,10-11H2,2H3,(H,17,19). The molecule has 0 aliphatic heterocycles. The van der Waals surface area contributed by atoms with Crippen LogP contribution in [0.3, 0.4) is 0 Å². The predicted molar refractivity (Wildman–Crippen MR) is 85.4 cm³/mol. The molecule has 0 bridgehead atoms. The van der Waals surface area contributed by atoms with Crippen LogP contribution in [0.2, 0.25) is 0 Å². The summed E-state index contributed by atoms with van der Waals surface area (Å²) in [5.41, 5.74) is 1.67. The Morgan fingerprint density at radius 1 is 1.25 bits per heavy atom. The van der Waals surface area contributed by atoms with Crippen LogP contribution < -0.4 is 10.6 Å². The first kappa shape index (κ1) is 14.3. The molecule has 1 amide bonds. The minimum absolute atomic E-state index is 0.0784. The third kappa shape index (κ3) is 3.96. The Labute approximate surface area is 123 Å². The van der Waals surface area contributed by atoms with Gasteiger partial charge in [-0.1, -0.05) is 6.08 Å². The highest BCUT2D eigenvalue weighted by Gasteiger charge is 2.03. The Kier molecular flexibility index (Phi) is 4.96. The van der Waals surface area contributed by atoms with Gasteiger partial charge in [0.05, 0.1) is 0 Å². The average molecular weight is 286 g/mol. The summed E-state index contributed by atoms with van der Waals surface area (Å²) in [6.07, 6.45) is 1.66. The molecular weight excluding hydrogens is 268 g/mol. The van der Waals surface area contributed by atoms with Crippen molar-refractivity contribution < 1.29 is 4.79 Å². The van der Waals surface area contributed by atoms with E-state index < -0.39 is 0 Å². The highest BCUT2D eigenvalue weighted by molar-refractivity contribution is 7.11. The van der Waals surface area contributed by atoms with Gasteiger partial charge in [0.25, 0.3) is 5.91 Å². The van der Waals surface area contributed by atoms with Gasteiger partial charge in [0.2, 0.25) is 0 Å². The molecule has 0 aliphatic rings. The maximum atomic E-state index is 11.7. The summed E-state index contributed by atoms with van der Waals surface area (Å²) in [6.45, 7) is 6.96. The van der Waals surface area contributed by atoms with Crippen molar-refractivity contribution in [3.05, 3.63) is 64.4 Å². The highest BCUT2D eigenvalue weighted by atomic mass is 32.1. The average Bonchev–Trinajstić information content (AvgIpc) is 2.89. The van der Waals surface area contributed by atoms with E-state index in [2.05, 4.69) is 36.3 Å². The quantitative estimate of drug-likeness (QED) is 0.797. The van der Waals surface area contributed by atoms with Crippen molar-refractivity contribution in [2.75, 3.05) is 11.9 Å². The van der Waals surface area contributed by atoms with Crippen molar-refractivity contribution in [3.8, 4) is 0 Å². The Hall–Kier alpha value is -2.07. The summed E-state index contributed by atoms with van der Waals surface area (Å²) in [7, 11) is 0. The molecule has 1 heterocycles. The van der Waals surface area contributed by atoms with Crippen molar-refractivity contribution in [2.24, 2.45) is 0 Å². The molecule has 0 aliphatic carbocycles. The van der Waals surface area contributed by atoms with Gasteiger partial charge < -0.3 is 10.6 Å². The summed E-state index contributed by atoms with van der Waals surface area (Å²) in [4.78, 5) is 14.3. The van der Waals surface area contributed by atoms with Gasteiger partial charge >= 0.3 is 0 Å². The summed E-state index contributed by atoms with van der Waals surface area (Å²) in [5.74, 6) is -0.0784. The van der Waals surface area contributed by atoms with Gasteiger partial charge in [-0.25, -0.2) is 0 Å². The lowest BCUT2D eigenvalue weighted by Gasteiger charge is -2.06. The third-order valence-electron chi connectivity index (χ3n) is 2.82. The van der Waals surface area contributed by atoms with E-state index in [0.717, 1.165) is 12.2 Å². The fraction of sp³-hybridized carbons (Fsp3) is 0.188. The van der Waals surface area contributed by atoms with Gasteiger partial charge in [-0.15, -0.1) is 17.9 Å². The number of aryl methyl sites for hydroxylation is 1. The number of rotatable bonds is 6. The van der Waals surface area contributed by atoms with E-state index in [0.29, 0.717) is 12.1 Å². The second-order valence-electron chi connectivity index (χ2n) is 4.44. The molecule has 0 spiro atoms. The number of benzene rings is 1. The SMILES string of the molecule is C=CCNC(=O)c1ccc(NCc2ccc(C)s2)cc1. The Balaban J connectivity index is 1.91. The number of amides is 1. The van der Waals surface area contributed by atoms with Gasteiger partial charge in [-0.3, -0.25) is 4.79 Å². The zero-order valence-electron chi connectivity index (χ0n) is 11.5. The summed E-state index contributed by atoms with van der Waals surface area (Å²) in [6, 6.07) is 11.7. The zero-order chi connectivity index (χ0) is 14.4. The van der Waals surface area contributed by atoms with Gasteiger partial charge in [0.1, 0.15) is 0 Å². The number of hydrogen-bond donors (Lipinski definition) is 2. The van der Waals surface area contributed by atoms with E-state index in [1.807, 2.05) is 24.3 Å². The third-order valence-corrected chi connectivity index (χ3v) is 3.82. The number of anilines is 1. The Morgan fingerprint density at radius 3 is 2.60 bits per heavy atom. The van der Waals surface area contributed by atoms with Crippen LogP contribution in [0.15, 0.2) is 49.1 Å². The maximum Gasteiger partial charge on any atom is 0.251 e. The lowest BCUT2D eigenvalue weighted by Crippen LogP contribution is -2.23. The lowest BCUT2D eigenvalue weighted by molar-refractivity contribution is 0.0958. The number of nitrogens with one attached hydrogen (secondary N) is 2. The molecule has 0 fully saturated rings. The largest absolute Gasteiger partial charge is 0.380 e. The molecular formula is C16H18N2OS. The van der Waals surface area contributed by atoms with Gasteiger partial charge in [-0.2, -0.15) is 0 Å². The number of carbonyl (C=O) groups excluding carboxylic acids is 1. The minimum atomic E-state index is -0.0784. The van der Waals surface area contributed by atoms with Crippen molar-refractivity contribution in [1.29, 1.82) is 0 Å². The molecule has 0 unspecified atom stereocenters. The van der Waals surface area contributed by atoms with E-state index in [-0.39, 0.29) is 5.91 Å². The van der Waals surface area contributed by atoms with Crippen LogP contribution in [0.4, 0.5) is 5.69 Å². The van der Waals surface area contributed by atoms with E-state index in [1.54, 1.807) is 17.4 Å².